The van der Waals surface area contributed by atoms with Crippen LogP contribution in [0.3, 0.4) is 0 Å². The number of piperidine rings is 1. The summed E-state index contributed by atoms with van der Waals surface area (Å²) in [5.41, 5.74) is 2.04. The van der Waals surface area contributed by atoms with E-state index in [2.05, 4.69) is 15.3 Å². The van der Waals surface area contributed by atoms with Crippen molar-refractivity contribution in [2.45, 2.75) is 18.9 Å². The number of fused-ring (bicyclic) bond motifs is 1. The lowest BCUT2D eigenvalue weighted by atomic mass is 10.0. The van der Waals surface area contributed by atoms with Gasteiger partial charge in [-0.25, -0.2) is 17.7 Å². The summed E-state index contributed by atoms with van der Waals surface area (Å²) in [6.45, 7) is 0.879. The van der Waals surface area contributed by atoms with Crippen molar-refractivity contribution in [3.63, 3.8) is 0 Å². The molecular weight excluding hydrogens is 500 g/mol. The van der Waals surface area contributed by atoms with E-state index in [-0.39, 0.29) is 16.8 Å². The smallest absolute Gasteiger partial charge is 0.211 e. The maximum Gasteiger partial charge on any atom is 0.211 e. The molecule has 3 heterocycles. The number of anilines is 1. The minimum Gasteiger partial charge on any atom is -0.457 e. The van der Waals surface area contributed by atoms with Gasteiger partial charge in [-0.15, -0.1) is 0 Å². The van der Waals surface area contributed by atoms with Gasteiger partial charge < -0.3 is 15.0 Å². The molecule has 2 aromatic heterocycles. The molecule has 0 spiro atoms. The number of halogens is 1. The summed E-state index contributed by atoms with van der Waals surface area (Å²) in [7, 11) is -3.27. The number of aromatic amines is 1. The van der Waals surface area contributed by atoms with Gasteiger partial charge in [0.25, 0.3) is 0 Å². The molecule has 36 heavy (non-hydrogen) atoms. The van der Waals surface area contributed by atoms with Crippen LogP contribution in [-0.4, -0.2) is 53.9 Å². The number of benzene rings is 2. The van der Waals surface area contributed by atoms with Crippen LogP contribution in [0.25, 0.3) is 11.0 Å². The minimum absolute atomic E-state index is 0.0880. The molecule has 186 valence electrons. The number of sulfonamides is 1. The molecule has 10 heteroatoms. The average Bonchev–Trinajstić information content (AvgIpc) is 3.29. The number of pyridine rings is 1. The van der Waals surface area contributed by atoms with E-state index in [4.69, 9.17) is 16.3 Å². The van der Waals surface area contributed by atoms with Gasteiger partial charge in [0.15, 0.2) is 5.78 Å². The van der Waals surface area contributed by atoms with Crippen LogP contribution < -0.4 is 10.1 Å². The molecule has 1 atom stereocenters. The number of para-hydroxylation sites is 1. The molecule has 1 unspecified atom stereocenters. The van der Waals surface area contributed by atoms with Crippen LogP contribution in [-0.2, 0) is 10.0 Å². The summed E-state index contributed by atoms with van der Waals surface area (Å²) in [6, 6.07) is 16.0. The topological polar surface area (TPSA) is 104 Å². The summed E-state index contributed by atoms with van der Waals surface area (Å²) in [5, 5.41) is 4.35. The third-order valence-corrected chi connectivity index (χ3v) is 7.78. The fraction of sp³-hybridized carbons (Fsp3) is 0.231. The van der Waals surface area contributed by atoms with Crippen LogP contribution in [0, 0.1) is 0 Å². The van der Waals surface area contributed by atoms with Crippen LogP contribution in [0.1, 0.15) is 28.8 Å². The molecule has 8 nitrogen and oxygen atoms in total. The van der Waals surface area contributed by atoms with E-state index in [0.29, 0.717) is 52.4 Å². The standard InChI is InChI=1S/C26H25ClN4O4S/c1-36(33,34)31-13-5-6-17(16-31)30-23-11-12-28-26-24(23)21(15-29-26)25(32)20-10-9-19(14-22(20)27)35-18-7-3-2-4-8-18/h2-4,7-12,14-15,17H,5-6,13,16H2,1H3,(H2,28,29,30). The van der Waals surface area contributed by atoms with Crippen molar-refractivity contribution in [1.29, 1.82) is 0 Å². The molecule has 1 fully saturated rings. The van der Waals surface area contributed by atoms with Crippen molar-refractivity contribution in [3.8, 4) is 11.5 Å². The summed E-state index contributed by atoms with van der Waals surface area (Å²) >= 11 is 6.51. The maximum absolute atomic E-state index is 13.6. The van der Waals surface area contributed by atoms with Gasteiger partial charge in [0, 0.05) is 48.8 Å². The molecule has 0 saturated carbocycles. The summed E-state index contributed by atoms with van der Waals surface area (Å²) in [6.07, 6.45) is 6.07. The fourth-order valence-corrected chi connectivity index (χ4v) is 5.62. The predicted octanol–water partition coefficient (Wildman–Crippen LogP) is 5.08. The maximum atomic E-state index is 13.6. The van der Waals surface area contributed by atoms with Gasteiger partial charge in [0.2, 0.25) is 10.0 Å². The number of rotatable bonds is 7. The van der Waals surface area contributed by atoms with Crippen molar-refractivity contribution in [2.75, 3.05) is 24.7 Å². The van der Waals surface area contributed by atoms with Gasteiger partial charge >= 0.3 is 0 Å². The number of nitrogens with one attached hydrogen (secondary N) is 2. The summed E-state index contributed by atoms with van der Waals surface area (Å²) in [5.74, 6) is 0.941. The predicted molar refractivity (Wildman–Crippen MR) is 141 cm³/mol. The SMILES string of the molecule is CS(=O)(=O)N1CCCC(Nc2ccnc3[nH]cc(C(=O)c4ccc(Oc5ccccc5)cc4Cl)c23)C1. The fourth-order valence-electron chi connectivity index (χ4n) is 4.45. The molecular formula is C26H25ClN4O4S. The van der Waals surface area contributed by atoms with E-state index < -0.39 is 10.0 Å². The molecule has 1 saturated heterocycles. The lowest BCUT2D eigenvalue weighted by molar-refractivity contribution is 0.104. The first-order valence-electron chi connectivity index (χ1n) is 11.5. The first-order chi connectivity index (χ1) is 17.3. The molecule has 5 rings (SSSR count). The number of nitrogens with zero attached hydrogens (tertiary/aromatic N) is 2. The monoisotopic (exact) mass is 524 g/mol. The zero-order chi connectivity index (χ0) is 25.3. The molecule has 1 aliphatic heterocycles. The summed E-state index contributed by atoms with van der Waals surface area (Å²) < 4.78 is 31.4. The molecule has 2 N–H and O–H groups in total. The van der Waals surface area contributed by atoms with Gasteiger partial charge in [-0.2, -0.15) is 0 Å². The van der Waals surface area contributed by atoms with E-state index >= 15 is 0 Å². The number of hydrogen-bond acceptors (Lipinski definition) is 6. The number of H-pyrrole nitrogens is 1. The molecule has 0 radical (unpaired) electrons. The Hall–Kier alpha value is -3.40. The van der Waals surface area contributed by atoms with Crippen molar-refractivity contribution in [1.82, 2.24) is 14.3 Å². The average molecular weight is 525 g/mol. The lowest BCUT2D eigenvalue weighted by Crippen LogP contribution is -2.44. The number of carbonyl (C=O) groups excluding carboxylic acids is 1. The molecule has 0 amide bonds. The van der Waals surface area contributed by atoms with Gasteiger partial charge in [-0.05, 0) is 43.2 Å². The number of carbonyl (C=O) groups is 1. The highest BCUT2D eigenvalue weighted by Gasteiger charge is 2.27. The molecule has 2 aromatic carbocycles. The first-order valence-corrected chi connectivity index (χ1v) is 13.8. The van der Waals surface area contributed by atoms with E-state index in [1.54, 1.807) is 36.7 Å². The van der Waals surface area contributed by atoms with E-state index in [9.17, 15) is 13.2 Å². The Labute approximate surface area is 214 Å². The van der Waals surface area contributed by atoms with Crippen LogP contribution in [0.2, 0.25) is 5.02 Å². The number of hydrogen-bond donors (Lipinski definition) is 2. The Bertz CT molecular complexity index is 1520. The number of ether oxygens (including phenoxy) is 1. The van der Waals surface area contributed by atoms with Crippen molar-refractivity contribution < 1.29 is 17.9 Å². The van der Waals surface area contributed by atoms with Gasteiger partial charge in [0.1, 0.15) is 17.1 Å². The molecule has 0 bridgehead atoms. The Kier molecular flexibility index (Phi) is 6.70. The summed E-state index contributed by atoms with van der Waals surface area (Å²) in [4.78, 5) is 21.0. The number of aromatic nitrogens is 2. The normalized spacial score (nSPS) is 16.7. The highest BCUT2D eigenvalue weighted by Crippen LogP contribution is 2.32. The Morgan fingerprint density at radius 2 is 1.94 bits per heavy atom. The van der Waals surface area contributed by atoms with E-state index in [1.165, 1.54) is 10.6 Å². The second kappa shape index (κ2) is 9.93. The van der Waals surface area contributed by atoms with Crippen molar-refractivity contribution in [2.24, 2.45) is 0 Å². The lowest BCUT2D eigenvalue weighted by Gasteiger charge is -2.32. The largest absolute Gasteiger partial charge is 0.457 e. The first kappa shape index (κ1) is 24.3. The second-order valence-electron chi connectivity index (χ2n) is 8.77. The zero-order valence-electron chi connectivity index (χ0n) is 19.6. The van der Waals surface area contributed by atoms with Crippen LogP contribution in [0.5, 0.6) is 11.5 Å². The van der Waals surface area contributed by atoms with E-state index in [0.717, 1.165) is 12.8 Å². The Balaban J connectivity index is 1.42. The van der Waals surface area contributed by atoms with Gasteiger partial charge in [-0.1, -0.05) is 29.8 Å². The van der Waals surface area contributed by atoms with Crippen LogP contribution in [0.4, 0.5) is 5.69 Å². The highest BCUT2D eigenvalue weighted by atomic mass is 35.5. The molecule has 4 aromatic rings. The quantitative estimate of drug-likeness (QED) is 0.327. The highest BCUT2D eigenvalue weighted by molar-refractivity contribution is 7.88. The van der Waals surface area contributed by atoms with Gasteiger partial charge in [0.05, 0.1) is 22.2 Å². The Morgan fingerprint density at radius 3 is 2.69 bits per heavy atom. The zero-order valence-corrected chi connectivity index (χ0v) is 21.1. The van der Waals surface area contributed by atoms with Gasteiger partial charge in [-0.3, -0.25) is 4.79 Å². The van der Waals surface area contributed by atoms with Crippen molar-refractivity contribution in [3.05, 3.63) is 83.1 Å². The Morgan fingerprint density at radius 1 is 1.14 bits per heavy atom. The molecule has 0 aliphatic carbocycles. The molecule has 1 aliphatic rings. The minimum atomic E-state index is -3.27. The second-order valence-corrected chi connectivity index (χ2v) is 11.2. The third kappa shape index (κ3) is 5.09. The number of ketones is 1. The van der Waals surface area contributed by atoms with Crippen molar-refractivity contribution >= 4 is 44.1 Å². The van der Waals surface area contributed by atoms with Crippen LogP contribution >= 0.6 is 11.6 Å². The third-order valence-electron chi connectivity index (χ3n) is 6.20. The van der Waals surface area contributed by atoms with Crippen LogP contribution in [0.15, 0.2) is 67.0 Å². The van der Waals surface area contributed by atoms with E-state index in [1.807, 2.05) is 30.3 Å².